The Morgan fingerprint density at radius 2 is 1.50 bits per heavy atom. The fraction of sp³-hybridized carbons (Fsp3) is 0.536. The first-order valence-corrected chi connectivity index (χ1v) is 12.4. The number of benzene rings is 2. The van der Waals surface area contributed by atoms with Gasteiger partial charge in [-0.2, -0.15) is 0 Å². The number of carbonyl (C=O) groups excluding carboxylic acids is 1. The summed E-state index contributed by atoms with van der Waals surface area (Å²) >= 11 is 0. The van der Waals surface area contributed by atoms with Crippen LogP contribution in [-0.4, -0.2) is 73.5 Å². The summed E-state index contributed by atoms with van der Waals surface area (Å²) in [6.07, 6.45) is 4.57. The van der Waals surface area contributed by atoms with Crippen LogP contribution in [0, 0.1) is 11.3 Å². The largest absolute Gasteiger partial charge is 0.341 e. The third-order valence-corrected chi connectivity index (χ3v) is 8.22. The number of likely N-dealkylation sites (tertiary alicyclic amines) is 1. The summed E-state index contributed by atoms with van der Waals surface area (Å²) < 4.78 is 0. The minimum absolute atomic E-state index is 0.284. The molecule has 2 heterocycles. The van der Waals surface area contributed by atoms with Crippen molar-refractivity contribution in [2.75, 3.05) is 52.9 Å². The monoisotopic (exact) mass is 431 g/mol. The van der Waals surface area contributed by atoms with Crippen LogP contribution in [0.15, 0.2) is 60.7 Å². The maximum Gasteiger partial charge on any atom is 0.226 e. The number of carbonyl (C=O) groups is 1. The Morgan fingerprint density at radius 3 is 2.12 bits per heavy atom. The van der Waals surface area contributed by atoms with E-state index in [-0.39, 0.29) is 5.92 Å². The Kier molecular flexibility index (Phi) is 6.34. The van der Waals surface area contributed by atoms with E-state index in [0.717, 1.165) is 58.7 Å². The average molecular weight is 432 g/mol. The van der Waals surface area contributed by atoms with Crippen molar-refractivity contribution >= 4 is 5.91 Å². The van der Waals surface area contributed by atoms with E-state index in [1.807, 2.05) is 0 Å². The van der Waals surface area contributed by atoms with Crippen molar-refractivity contribution in [2.24, 2.45) is 11.3 Å². The van der Waals surface area contributed by atoms with Gasteiger partial charge >= 0.3 is 0 Å². The Bertz CT molecular complexity index is 852. The number of amides is 1. The molecule has 2 aliphatic heterocycles. The van der Waals surface area contributed by atoms with E-state index in [9.17, 15) is 4.79 Å². The van der Waals surface area contributed by atoms with Crippen molar-refractivity contribution in [3.8, 4) is 0 Å². The molecule has 0 bridgehead atoms. The second-order valence-electron chi connectivity index (χ2n) is 10.3. The summed E-state index contributed by atoms with van der Waals surface area (Å²) in [6.45, 7) is 7.26. The molecule has 1 saturated carbocycles. The minimum Gasteiger partial charge on any atom is -0.341 e. The maximum absolute atomic E-state index is 13.2. The second kappa shape index (κ2) is 9.36. The highest BCUT2D eigenvalue weighted by Crippen LogP contribution is 2.60. The van der Waals surface area contributed by atoms with Crippen molar-refractivity contribution in [1.29, 1.82) is 0 Å². The third-order valence-electron chi connectivity index (χ3n) is 8.22. The molecule has 5 rings (SSSR count). The summed E-state index contributed by atoms with van der Waals surface area (Å²) in [5.74, 6) is 1.13. The topological polar surface area (TPSA) is 26.8 Å². The van der Waals surface area contributed by atoms with E-state index in [0.29, 0.717) is 17.2 Å². The van der Waals surface area contributed by atoms with Gasteiger partial charge in [-0.05, 0) is 68.9 Å². The molecule has 1 atom stereocenters. The molecule has 170 valence electrons. The van der Waals surface area contributed by atoms with Crippen LogP contribution in [0.3, 0.4) is 0 Å². The molecule has 0 radical (unpaired) electrons. The molecular weight excluding hydrogens is 394 g/mol. The highest BCUT2D eigenvalue weighted by atomic mass is 16.2. The highest BCUT2D eigenvalue weighted by Gasteiger charge is 2.59. The zero-order chi connectivity index (χ0) is 22.0. The standard InChI is InChI=1S/C28H37N3O/c1-29-15-8-16-31(20-19-29)27(32)26-21-28(26)13-17-30(18-14-28)22-25(23-9-4-2-5-10-23)24-11-6-3-7-12-24/h2-7,9-12,25-26H,8,13-22H2,1H3. The lowest BCUT2D eigenvalue weighted by Gasteiger charge is -2.35. The molecule has 2 aromatic rings. The number of rotatable bonds is 5. The van der Waals surface area contributed by atoms with Crippen LogP contribution in [0.5, 0.6) is 0 Å². The van der Waals surface area contributed by atoms with Gasteiger partial charge in [-0.1, -0.05) is 60.7 Å². The van der Waals surface area contributed by atoms with Gasteiger partial charge in [0, 0.05) is 38.0 Å². The van der Waals surface area contributed by atoms with Crippen LogP contribution in [0.1, 0.15) is 42.7 Å². The van der Waals surface area contributed by atoms with Crippen LogP contribution >= 0.6 is 0 Å². The van der Waals surface area contributed by atoms with Crippen molar-refractivity contribution in [1.82, 2.24) is 14.7 Å². The molecule has 0 N–H and O–H groups in total. The number of piperidine rings is 1. The third kappa shape index (κ3) is 4.62. The van der Waals surface area contributed by atoms with Gasteiger partial charge in [-0.3, -0.25) is 4.79 Å². The van der Waals surface area contributed by atoms with Gasteiger partial charge in [0.05, 0.1) is 0 Å². The van der Waals surface area contributed by atoms with Gasteiger partial charge in [0.1, 0.15) is 0 Å². The SMILES string of the molecule is CN1CCCN(C(=O)C2CC23CCN(CC(c2ccccc2)c2ccccc2)CC3)CC1. The predicted octanol–water partition coefficient (Wildman–Crippen LogP) is 4.08. The van der Waals surface area contributed by atoms with Crippen molar-refractivity contribution < 1.29 is 4.79 Å². The molecule has 4 nitrogen and oxygen atoms in total. The number of likely N-dealkylation sites (N-methyl/N-ethyl adjacent to an activating group) is 1. The molecule has 4 heteroatoms. The quantitative estimate of drug-likeness (QED) is 0.714. The lowest BCUT2D eigenvalue weighted by atomic mass is 9.87. The molecular formula is C28H37N3O. The van der Waals surface area contributed by atoms with Crippen molar-refractivity contribution in [3.05, 3.63) is 71.8 Å². The summed E-state index contributed by atoms with van der Waals surface area (Å²) in [7, 11) is 2.17. The molecule has 0 aromatic heterocycles. The maximum atomic E-state index is 13.2. The average Bonchev–Trinajstić information content (AvgIpc) is 3.59. The normalized spacial score (nSPS) is 23.9. The molecule has 3 aliphatic rings. The van der Waals surface area contributed by atoms with Crippen molar-refractivity contribution in [3.63, 3.8) is 0 Å². The lowest BCUT2D eigenvalue weighted by Crippen LogP contribution is -2.40. The fourth-order valence-corrected chi connectivity index (χ4v) is 5.95. The molecule has 32 heavy (non-hydrogen) atoms. The molecule has 2 aromatic carbocycles. The first-order chi connectivity index (χ1) is 15.6. The van der Waals surface area contributed by atoms with E-state index < -0.39 is 0 Å². The first kappa shape index (κ1) is 21.7. The van der Waals surface area contributed by atoms with Crippen LogP contribution in [-0.2, 0) is 4.79 Å². The van der Waals surface area contributed by atoms with Crippen LogP contribution in [0.4, 0.5) is 0 Å². The molecule has 1 aliphatic carbocycles. The second-order valence-corrected chi connectivity index (χ2v) is 10.3. The molecule has 1 spiro atoms. The predicted molar refractivity (Wildman–Crippen MR) is 130 cm³/mol. The summed E-state index contributed by atoms with van der Waals surface area (Å²) in [6, 6.07) is 21.8. The molecule has 3 fully saturated rings. The summed E-state index contributed by atoms with van der Waals surface area (Å²) in [5.41, 5.74) is 3.08. The molecule has 2 saturated heterocycles. The number of hydrogen-bond donors (Lipinski definition) is 0. The smallest absolute Gasteiger partial charge is 0.226 e. The van der Waals surface area contributed by atoms with E-state index >= 15 is 0 Å². The van der Waals surface area contributed by atoms with E-state index in [1.54, 1.807) is 0 Å². The van der Waals surface area contributed by atoms with Crippen molar-refractivity contribution in [2.45, 2.75) is 31.6 Å². The Labute approximate surface area is 193 Å². The fourth-order valence-electron chi connectivity index (χ4n) is 5.95. The van der Waals surface area contributed by atoms with Gasteiger partial charge in [0.15, 0.2) is 0 Å². The van der Waals surface area contributed by atoms with E-state index in [1.165, 1.54) is 24.0 Å². The first-order valence-electron chi connectivity index (χ1n) is 12.4. The Hall–Kier alpha value is -2.17. The summed E-state index contributed by atoms with van der Waals surface area (Å²) in [5, 5.41) is 0. The Balaban J connectivity index is 1.20. The molecule has 1 amide bonds. The minimum atomic E-state index is 0.284. The van der Waals surface area contributed by atoms with Gasteiger partial charge in [0.25, 0.3) is 0 Å². The number of nitrogens with zero attached hydrogens (tertiary/aromatic N) is 3. The van der Waals surface area contributed by atoms with Gasteiger partial charge in [-0.25, -0.2) is 0 Å². The van der Waals surface area contributed by atoms with Gasteiger partial charge in [0.2, 0.25) is 5.91 Å². The number of hydrogen-bond acceptors (Lipinski definition) is 3. The highest BCUT2D eigenvalue weighted by molar-refractivity contribution is 5.82. The zero-order valence-electron chi connectivity index (χ0n) is 19.5. The molecule has 1 unspecified atom stereocenters. The van der Waals surface area contributed by atoms with Gasteiger partial charge in [-0.15, -0.1) is 0 Å². The zero-order valence-corrected chi connectivity index (χ0v) is 19.5. The van der Waals surface area contributed by atoms with Gasteiger partial charge < -0.3 is 14.7 Å². The van der Waals surface area contributed by atoms with E-state index in [2.05, 4.69) is 82.4 Å². The van der Waals surface area contributed by atoms with Crippen LogP contribution < -0.4 is 0 Å². The summed E-state index contributed by atoms with van der Waals surface area (Å²) in [4.78, 5) is 20.4. The lowest BCUT2D eigenvalue weighted by molar-refractivity contribution is -0.133. The van der Waals surface area contributed by atoms with Crippen LogP contribution in [0.2, 0.25) is 0 Å². The van der Waals surface area contributed by atoms with E-state index in [4.69, 9.17) is 0 Å². The van der Waals surface area contributed by atoms with Crippen LogP contribution in [0.25, 0.3) is 0 Å². The Morgan fingerprint density at radius 1 is 0.875 bits per heavy atom.